The minimum Gasteiger partial charge on any atom is -0.314 e. The first-order chi connectivity index (χ1) is 7.74. The van der Waals surface area contributed by atoms with Crippen molar-refractivity contribution in [2.45, 2.75) is 71.4 Å². The molecule has 2 heteroatoms. The topological polar surface area (TPSA) is 15.3 Å². The average Bonchev–Trinajstić information content (AvgIpc) is 3.05. The van der Waals surface area contributed by atoms with Crippen LogP contribution in [0.25, 0.3) is 0 Å². The van der Waals surface area contributed by atoms with Crippen molar-refractivity contribution in [1.29, 1.82) is 0 Å². The zero-order chi connectivity index (χ0) is 11.8. The summed E-state index contributed by atoms with van der Waals surface area (Å²) in [5.41, 5.74) is 0. The van der Waals surface area contributed by atoms with Crippen molar-refractivity contribution in [3.8, 4) is 0 Å². The first kappa shape index (κ1) is 14.0. The van der Waals surface area contributed by atoms with Crippen LogP contribution in [0.15, 0.2) is 0 Å². The summed E-state index contributed by atoms with van der Waals surface area (Å²) in [5, 5.41) is 3.59. The number of hydrogen-bond acceptors (Lipinski definition) is 2. The van der Waals surface area contributed by atoms with Crippen LogP contribution in [0.4, 0.5) is 0 Å². The monoisotopic (exact) mass is 226 g/mol. The number of nitrogens with zero attached hydrogens (tertiary/aromatic N) is 1. The molecule has 0 atom stereocenters. The van der Waals surface area contributed by atoms with Crippen LogP contribution >= 0.6 is 0 Å². The smallest absolute Gasteiger partial charge is 0.00682 e. The number of rotatable bonds is 10. The highest BCUT2D eigenvalue weighted by Crippen LogP contribution is 2.18. The SMILES string of the molecule is CCCCCN(CCCNC1CC1)C(C)C. The van der Waals surface area contributed by atoms with Crippen molar-refractivity contribution in [1.82, 2.24) is 10.2 Å². The molecule has 0 aromatic rings. The van der Waals surface area contributed by atoms with Gasteiger partial charge in [-0.2, -0.15) is 0 Å². The lowest BCUT2D eigenvalue weighted by atomic mass is 10.2. The lowest BCUT2D eigenvalue weighted by Crippen LogP contribution is -2.34. The molecule has 96 valence electrons. The van der Waals surface area contributed by atoms with E-state index in [9.17, 15) is 0 Å². The van der Waals surface area contributed by atoms with Gasteiger partial charge in [0, 0.05) is 12.1 Å². The normalized spacial score (nSPS) is 16.3. The fourth-order valence-corrected chi connectivity index (χ4v) is 2.07. The van der Waals surface area contributed by atoms with Gasteiger partial charge in [0.15, 0.2) is 0 Å². The molecule has 1 aliphatic rings. The van der Waals surface area contributed by atoms with Crippen molar-refractivity contribution in [2.24, 2.45) is 0 Å². The minimum absolute atomic E-state index is 0.706. The Morgan fingerprint density at radius 2 is 1.81 bits per heavy atom. The Morgan fingerprint density at radius 3 is 2.38 bits per heavy atom. The quantitative estimate of drug-likeness (QED) is 0.576. The molecule has 2 nitrogen and oxygen atoms in total. The molecule has 0 spiro atoms. The third kappa shape index (κ3) is 6.49. The van der Waals surface area contributed by atoms with Crippen molar-refractivity contribution in [3.05, 3.63) is 0 Å². The van der Waals surface area contributed by atoms with Crippen LogP contribution in [0, 0.1) is 0 Å². The van der Waals surface area contributed by atoms with E-state index in [1.165, 1.54) is 58.2 Å². The van der Waals surface area contributed by atoms with Crippen LogP contribution in [-0.4, -0.2) is 36.6 Å². The zero-order valence-electron chi connectivity index (χ0n) is 11.5. The molecule has 0 bridgehead atoms. The van der Waals surface area contributed by atoms with E-state index in [2.05, 4.69) is 31.0 Å². The first-order valence-electron chi connectivity index (χ1n) is 7.21. The molecule has 0 radical (unpaired) electrons. The molecular formula is C14H30N2. The van der Waals surface area contributed by atoms with E-state index in [0.29, 0.717) is 6.04 Å². The maximum absolute atomic E-state index is 3.59. The van der Waals surface area contributed by atoms with Gasteiger partial charge in [-0.1, -0.05) is 19.8 Å². The number of nitrogens with one attached hydrogen (secondary N) is 1. The Morgan fingerprint density at radius 1 is 1.12 bits per heavy atom. The maximum atomic E-state index is 3.59. The Hall–Kier alpha value is -0.0800. The predicted molar refractivity (Wildman–Crippen MR) is 71.9 cm³/mol. The molecule has 16 heavy (non-hydrogen) atoms. The molecule has 1 aliphatic carbocycles. The standard InChI is InChI=1S/C14H30N2/c1-4-5-6-11-16(13(2)3)12-7-10-15-14-8-9-14/h13-15H,4-12H2,1-3H3. The average molecular weight is 226 g/mol. The molecule has 0 aliphatic heterocycles. The summed E-state index contributed by atoms with van der Waals surface area (Å²) in [5.74, 6) is 0. The van der Waals surface area contributed by atoms with Gasteiger partial charge in [0.05, 0.1) is 0 Å². The number of hydrogen-bond donors (Lipinski definition) is 1. The van der Waals surface area contributed by atoms with Crippen LogP contribution in [0.1, 0.15) is 59.3 Å². The third-order valence-electron chi connectivity index (χ3n) is 3.41. The Bertz CT molecular complexity index is 164. The van der Waals surface area contributed by atoms with Gasteiger partial charge in [-0.3, -0.25) is 0 Å². The highest BCUT2D eigenvalue weighted by molar-refractivity contribution is 4.80. The third-order valence-corrected chi connectivity index (χ3v) is 3.41. The van der Waals surface area contributed by atoms with E-state index in [4.69, 9.17) is 0 Å². The van der Waals surface area contributed by atoms with E-state index in [1.54, 1.807) is 0 Å². The van der Waals surface area contributed by atoms with Crippen LogP contribution in [-0.2, 0) is 0 Å². The molecule has 1 saturated carbocycles. The van der Waals surface area contributed by atoms with Crippen LogP contribution in [0.5, 0.6) is 0 Å². The van der Waals surface area contributed by atoms with Crippen molar-refractivity contribution in [3.63, 3.8) is 0 Å². The summed E-state index contributed by atoms with van der Waals surface area (Å²) in [6, 6.07) is 1.57. The van der Waals surface area contributed by atoms with Gasteiger partial charge in [0.1, 0.15) is 0 Å². The zero-order valence-corrected chi connectivity index (χ0v) is 11.5. The predicted octanol–water partition coefficient (Wildman–Crippen LogP) is 3.03. The molecule has 0 amide bonds. The van der Waals surface area contributed by atoms with Crippen molar-refractivity contribution < 1.29 is 0 Å². The van der Waals surface area contributed by atoms with Gasteiger partial charge < -0.3 is 10.2 Å². The molecule has 1 rings (SSSR count). The van der Waals surface area contributed by atoms with E-state index >= 15 is 0 Å². The Balaban J connectivity index is 2.01. The fourth-order valence-electron chi connectivity index (χ4n) is 2.07. The van der Waals surface area contributed by atoms with E-state index in [1.807, 2.05) is 0 Å². The molecule has 0 aromatic heterocycles. The summed E-state index contributed by atoms with van der Waals surface area (Å²) in [7, 11) is 0. The van der Waals surface area contributed by atoms with Crippen LogP contribution in [0.3, 0.4) is 0 Å². The van der Waals surface area contributed by atoms with E-state index in [0.717, 1.165) is 6.04 Å². The fraction of sp³-hybridized carbons (Fsp3) is 1.00. The number of unbranched alkanes of at least 4 members (excludes halogenated alkanes) is 2. The molecule has 0 saturated heterocycles. The Labute approximate surface area is 102 Å². The van der Waals surface area contributed by atoms with Gasteiger partial charge in [0.25, 0.3) is 0 Å². The summed E-state index contributed by atoms with van der Waals surface area (Å²) in [6.45, 7) is 10.7. The largest absolute Gasteiger partial charge is 0.314 e. The van der Waals surface area contributed by atoms with Crippen LogP contribution in [0.2, 0.25) is 0 Å². The Kier molecular flexibility index (Phi) is 7.06. The molecule has 0 aromatic carbocycles. The lowest BCUT2D eigenvalue weighted by Gasteiger charge is -2.26. The first-order valence-corrected chi connectivity index (χ1v) is 7.21. The molecule has 0 heterocycles. The van der Waals surface area contributed by atoms with Gasteiger partial charge in [-0.05, 0) is 59.2 Å². The lowest BCUT2D eigenvalue weighted by molar-refractivity contribution is 0.214. The van der Waals surface area contributed by atoms with Crippen molar-refractivity contribution in [2.75, 3.05) is 19.6 Å². The second-order valence-corrected chi connectivity index (χ2v) is 5.42. The van der Waals surface area contributed by atoms with Crippen LogP contribution < -0.4 is 5.32 Å². The van der Waals surface area contributed by atoms with E-state index < -0.39 is 0 Å². The molecular weight excluding hydrogens is 196 g/mol. The minimum atomic E-state index is 0.706. The van der Waals surface area contributed by atoms with E-state index in [-0.39, 0.29) is 0 Å². The second kappa shape index (κ2) is 8.08. The summed E-state index contributed by atoms with van der Waals surface area (Å²) >= 11 is 0. The highest BCUT2D eigenvalue weighted by atomic mass is 15.1. The van der Waals surface area contributed by atoms with Crippen molar-refractivity contribution >= 4 is 0 Å². The van der Waals surface area contributed by atoms with Gasteiger partial charge in [-0.25, -0.2) is 0 Å². The highest BCUT2D eigenvalue weighted by Gasteiger charge is 2.19. The van der Waals surface area contributed by atoms with Gasteiger partial charge in [-0.15, -0.1) is 0 Å². The molecule has 1 fully saturated rings. The molecule has 0 unspecified atom stereocenters. The molecule has 1 N–H and O–H groups in total. The maximum Gasteiger partial charge on any atom is 0.00682 e. The summed E-state index contributed by atoms with van der Waals surface area (Å²) in [6.07, 6.45) is 8.19. The summed E-state index contributed by atoms with van der Waals surface area (Å²) < 4.78 is 0. The summed E-state index contributed by atoms with van der Waals surface area (Å²) in [4.78, 5) is 2.63. The van der Waals surface area contributed by atoms with Gasteiger partial charge in [0.2, 0.25) is 0 Å². The second-order valence-electron chi connectivity index (χ2n) is 5.42. The van der Waals surface area contributed by atoms with Gasteiger partial charge >= 0.3 is 0 Å².